The molecular weight excluding hydrogens is 775 g/mol. The molecule has 0 aliphatic heterocycles. The number of carbonyl (C=O) groups excluding carboxylic acids is 1. The van der Waals surface area contributed by atoms with Crippen LogP contribution in [0, 0.1) is 16.9 Å². The molecule has 0 aliphatic rings. The molecule has 1 radical (unpaired) electrons. The summed E-state index contributed by atoms with van der Waals surface area (Å²) < 4.78 is 12.0. The normalized spacial score (nSPS) is 12.7. The Kier molecular flexibility index (Phi) is 11.1. The molecule has 0 saturated heterocycles. The van der Waals surface area contributed by atoms with Gasteiger partial charge in [0.15, 0.2) is 5.78 Å². The second-order valence-corrected chi connectivity index (χ2v) is 14.2. The van der Waals surface area contributed by atoms with E-state index in [1.807, 2.05) is 65.9 Å². The van der Waals surface area contributed by atoms with Gasteiger partial charge in [-0.1, -0.05) is 91.5 Å². The molecule has 3 aromatic carbocycles. The Morgan fingerprint density at radius 3 is 2.10 bits per heavy atom. The van der Waals surface area contributed by atoms with E-state index >= 15 is 0 Å². The molecule has 0 unspecified atom stereocenters. The van der Waals surface area contributed by atoms with E-state index in [9.17, 15) is 9.90 Å². The summed E-state index contributed by atoms with van der Waals surface area (Å²) in [4.78, 5) is 16.9. The average Bonchev–Trinajstić information content (AvgIpc) is 3.71. The van der Waals surface area contributed by atoms with Crippen molar-refractivity contribution in [3.63, 3.8) is 0 Å². The van der Waals surface area contributed by atoms with Crippen LogP contribution in [0.2, 0.25) is 0 Å². The summed E-state index contributed by atoms with van der Waals surface area (Å²) in [5.41, 5.74) is 4.88. The second-order valence-electron chi connectivity index (χ2n) is 14.2. The summed E-state index contributed by atoms with van der Waals surface area (Å²) in [5.74, 6) is 0.286. The first-order valence-corrected chi connectivity index (χ1v) is 16.9. The van der Waals surface area contributed by atoms with Crippen molar-refractivity contribution >= 4 is 49.5 Å². The van der Waals surface area contributed by atoms with Crippen molar-refractivity contribution in [1.29, 1.82) is 0 Å². The van der Waals surface area contributed by atoms with E-state index in [2.05, 4.69) is 63.2 Å². The Balaban J connectivity index is 0.000000251. The van der Waals surface area contributed by atoms with E-state index in [0.717, 1.165) is 75.2 Å². The minimum atomic E-state index is -0.337. The van der Waals surface area contributed by atoms with E-state index < -0.39 is 0 Å². The molecule has 6 aromatic rings. The number of allylic oxidation sites excluding steroid dienone is 2. The van der Waals surface area contributed by atoms with E-state index in [0.29, 0.717) is 0 Å². The molecule has 6 heteroatoms. The van der Waals surface area contributed by atoms with Gasteiger partial charge in [0, 0.05) is 59.7 Å². The quantitative estimate of drug-likeness (QED) is 0.0940. The van der Waals surface area contributed by atoms with Crippen LogP contribution in [0.25, 0.3) is 54.9 Å². The number of ketones is 1. The van der Waals surface area contributed by atoms with Crippen molar-refractivity contribution in [2.24, 2.45) is 10.8 Å². The molecule has 0 spiro atoms. The minimum absolute atomic E-state index is 0. The number of fused-ring (bicyclic) bond motifs is 6. The maximum absolute atomic E-state index is 12.2. The van der Waals surface area contributed by atoms with E-state index in [4.69, 9.17) is 13.8 Å². The number of aliphatic hydroxyl groups is 1. The third-order valence-corrected chi connectivity index (χ3v) is 10.4. The van der Waals surface area contributed by atoms with Crippen LogP contribution in [0.15, 0.2) is 87.7 Å². The molecule has 6 rings (SSSR count). The van der Waals surface area contributed by atoms with Crippen LogP contribution in [-0.4, -0.2) is 15.9 Å². The van der Waals surface area contributed by atoms with Crippen molar-refractivity contribution in [2.75, 3.05) is 0 Å². The summed E-state index contributed by atoms with van der Waals surface area (Å²) in [7, 11) is 0. The van der Waals surface area contributed by atoms with E-state index in [1.165, 1.54) is 17.0 Å². The molecule has 48 heavy (non-hydrogen) atoms. The van der Waals surface area contributed by atoms with Crippen LogP contribution in [-0.2, 0) is 30.3 Å². The standard InChI is InChI=1S/C27H20NO2.C15H28O2.Ir/c1-27(2,3)22-15-17(14-16-6-4-5-7-18(16)22)24-26-20(10-12-28-24)19-8-9-23-21(11-13-29-23)25(19)30-26;1-7-14(5,8-2)12(16)11-13(17)15(6,9-3)10-4;/h4-13,15H,1-3H3;11,16H,7-10H2,1-6H3;/q-1;;/b;12-11-;. The Morgan fingerprint density at radius 2 is 1.46 bits per heavy atom. The Morgan fingerprint density at radius 1 is 0.812 bits per heavy atom. The number of furan rings is 2. The molecule has 3 aromatic heterocycles. The van der Waals surface area contributed by atoms with Gasteiger partial charge < -0.3 is 13.9 Å². The Hall–Kier alpha value is -3.73. The summed E-state index contributed by atoms with van der Waals surface area (Å²) in [6.45, 7) is 18.8. The number of aromatic nitrogens is 1. The fraction of sp³-hybridized carbons (Fsp3) is 0.381. The van der Waals surface area contributed by atoms with Crippen LogP contribution in [0.1, 0.15) is 93.6 Å². The SMILES string of the molecule is CC(C)(C)c1cc(-c2nccc3c2oc2c4ccoc4ccc32)[c-]c2ccccc12.CCC(C)(CC)C(=O)/C=C(\O)C(C)(CC)CC.[Ir]. The monoisotopic (exact) mass is 823 g/mol. The van der Waals surface area contributed by atoms with E-state index in [1.54, 1.807) is 6.26 Å². The van der Waals surface area contributed by atoms with Crippen LogP contribution in [0.5, 0.6) is 0 Å². The van der Waals surface area contributed by atoms with Crippen LogP contribution < -0.4 is 0 Å². The third kappa shape index (κ3) is 6.88. The number of nitrogens with zero attached hydrogens (tertiary/aromatic N) is 1. The number of pyridine rings is 1. The van der Waals surface area contributed by atoms with Gasteiger partial charge in [0.1, 0.15) is 22.5 Å². The molecule has 0 saturated carbocycles. The van der Waals surface area contributed by atoms with Gasteiger partial charge >= 0.3 is 0 Å². The van der Waals surface area contributed by atoms with Gasteiger partial charge in [-0.05, 0) is 55.4 Å². The molecule has 3 heterocycles. The van der Waals surface area contributed by atoms with Gasteiger partial charge in [-0.3, -0.25) is 9.78 Å². The topological polar surface area (TPSA) is 76.5 Å². The van der Waals surface area contributed by atoms with Crippen molar-refractivity contribution in [3.8, 4) is 11.3 Å². The first-order valence-electron chi connectivity index (χ1n) is 16.9. The zero-order valence-electron chi connectivity index (χ0n) is 29.7. The summed E-state index contributed by atoms with van der Waals surface area (Å²) >= 11 is 0. The van der Waals surface area contributed by atoms with Gasteiger partial charge in [0.2, 0.25) is 0 Å². The maximum atomic E-state index is 12.2. The molecule has 1 N–H and O–H groups in total. The number of hydrogen-bond donors (Lipinski definition) is 1. The van der Waals surface area contributed by atoms with Crippen molar-refractivity contribution in [1.82, 2.24) is 4.98 Å². The summed E-state index contributed by atoms with van der Waals surface area (Å²) in [5, 5.41) is 15.6. The van der Waals surface area contributed by atoms with Gasteiger partial charge in [-0.15, -0.1) is 29.1 Å². The van der Waals surface area contributed by atoms with Crippen LogP contribution in [0.3, 0.4) is 0 Å². The number of hydrogen-bond acceptors (Lipinski definition) is 5. The van der Waals surface area contributed by atoms with Gasteiger partial charge in [-0.2, -0.15) is 0 Å². The molecule has 0 bridgehead atoms. The van der Waals surface area contributed by atoms with Crippen molar-refractivity contribution < 1.29 is 38.8 Å². The molecule has 0 amide bonds. The summed E-state index contributed by atoms with van der Waals surface area (Å²) in [6, 6.07) is 22.2. The molecule has 5 nitrogen and oxygen atoms in total. The molecule has 0 aliphatic carbocycles. The van der Waals surface area contributed by atoms with Crippen LogP contribution in [0.4, 0.5) is 0 Å². The molecule has 255 valence electrons. The fourth-order valence-corrected chi connectivity index (χ4v) is 6.06. The Bertz CT molecular complexity index is 2080. The zero-order chi connectivity index (χ0) is 34.1. The summed E-state index contributed by atoms with van der Waals surface area (Å²) in [6.07, 6.45) is 8.31. The average molecular weight is 823 g/mol. The molecule has 0 atom stereocenters. The number of benzene rings is 3. The second kappa shape index (κ2) is 14.4. The Labute approximate surface area is 298 Å². The first-order chi connectivity index (χ1) is 22.3. The predicted molar refractivity (Wildman–Crippen MR) is 195 cm³/mol. The number of rotatable bonds is 8. The van der Waals surface area contributed by atoms with Crippen LogP contribution >= 0.6 is 0 Å². The zero-order valence-corrected chi connectivity index (χ0v) is 32.1. The number of carbonyl (C=O) groups is 1. The molecule has 0 fully saturated rings. The van der Waals surface area contributed by atoms with Crippen molar-refractivity contribution in [3.05, 3.63) is 90.5 Å². The predicted octanol–water partition coefficient (Wildman–Crippen LogP) is 12.3. The largest absolute Gasteiger partial charge is 0.512 e. The third-order valence-electron chi connectivity index (χ3n) is 10.4. The van der Waals surface area contributed by atoms with Gasteiger partial charge in [-0.25, -0.2) is 0 Å². The maximum Gasteiger partial charge on any atom is 0.164 e. The van der Waals surface area contributed by atoms with Crippen molar-refractivity contribution in [2.45, 2.75) is 93.4 Å². The number of aliphatic hydroxyl groups excluding tert-OH is 1. The van der Waals surface area contributed by atoms with E-state index in [-0.39, 0.29) is 47.9 Å². The van der Waals surface area contributed by atoms with Gasteiger partial charge in [0.25, 0.3) is 0 Å². The fourth-order valence-electron chi connectivity index (χ4n) is 6.06. The van der Waals surface area contributed by atoms with Gasteiger partial charge in [0.05, 0.1) is 11.6 Å². The minimum Gasteiger partial charge on any atom is -0.512 e. The smallest absolute Gasteiger partial charge is 0.164 e. The molecular formula is C42H48IrNO4-. The first kappa shape index (κ1) is 37.1.